The van der Waals surface area contributed by atoms with Gasteiger partial charge in [-0.15, -0.1) is 0 Å². The molecular formula is C16H23N3. The van der Waals surface area contributed by atoms with Crippen LogP contribution in [0.2, 0.25) is 0 Å². The fraction of sp³-hybridized carbons (Fsp3) is 0.562. The lowest BCUT2D eigenvalue weighted by Gasteiger charge is -2.13. The Kier molecular flexibility index (Phi) is 3.31. The number of benzene rings is 1. The quantitative estimate of drug-likeness (QED) is 0.892. The van der Waals surface area contributed by atoms with Crippen molar-refractivity contribution in [3.8, 4) is 0 Å². The van der Waals surface area contributed by atoms with Gasteiger partial charge in [-0.05, 0) is 42.9 Å². The van der Waals surface area contributed by atoms with E-state index in [9.17, 15) is 0 Å². The molecule has 1 aliphatic carbocycles. The Labute approximate surface area is 114 Å². The summed E-state index contributed by atoms with van der Waals surface area (Å²) in [6, 6.07) is 6.45. The summed E-state index contributed by atoms with van der Waals surface area (Å²) in [6.45, 7) is 6.20. The summed E-state index contributed by atoms with van der Waals surface area (Å²) in [5.41, 5.74) is 9.27. The van der Waals surface area contributed by atoms with Crippen LogP contribution in [0.5, 0.6) is 0 Å². The first-order valence-corrected chi connectivity index (χ1v) is 7.43. The normalized spacial score (nSPS) is 17.0. The fourth-order valence-electron chi connectivity index (χ4n) is 2.93. The Morgan fingerprint density at radius 1 is 1.42 bits per heavy atom. The van der Waals surface area contributed by atoms with Crippen LogP contribution < -0.4 is 5.73 Å². The van der Waals surface area contributed by atoms with Crippen molar-refractivity contribution in [1.29, 1.82) is 0 Å². The van der Waals surface area contributed by atoms with E-state index in [0.29, 0.717) is 12.5 Å². The molecule has 0 amide bonds. The molecule has 0 radical (unpaired) electrons. The van der Waals surface area contributed by atoms with Gasteiger partial charge in [0.2, 0.25) is 0 Å². The highest BCUT2D eigenvalue weighted by molar-refractivity contribution is 5.77. The lowest BCUT2D eigenvalue weighted by atomic mass is 10.1. The van der Waals surface area contributed by atoms with Crippen LogP contribution in [0.4, 0.5) is 0 Å². The Hall–Kier alpha value is -1.35. The van der Waals surface area contributed by atoms with E-state index in [0.717, 1.165) is 24.4 Å². The zero-order valence-corrected chi connectivity index (χ0v) is 11.9. The molecule has 0 aliphatic heterocycles. The van der Waals surface area contributed by atoms with E-state index < -0.39 is 0 Å². The fourth-order valence-corrected chi connectivity index (χ4v) is 2.93. The van der Waals surface area contributed by atoms with Crippen molar-refractivity contribution in [3.05, 3.63) is 29.6 Å². The van der Waals surface area contributed by atoms with Crippen molar-refractivity contribution in [2.24, 2.45) is 11.7 Å². The molecule has 102 valence electrons. The van der Waals surface area contributed by atoms with E-state index >= 15 is 0 Å². The molecule has 3 rings (SSSR count). The van der Waals surface area contributed by atoms with Crippen molar-refractivity contribution >= 4 is 11.0 Å². The largest absolute Gasteiger partial charge is 0.328 e. The number of imidazole rings is 1. The molecule has 2 N–H and O–H groups in total. The number of hydrogen-bond acceptors (Lipinski definition) is 2. The third-order valence-electron chi connectivity index (χ3n) is 4.26. The van der Waals surface area contributed by atoms with Crippen LogP contribution in [0.1, 0.15) is 50.4 Å². The van der Waals surface area contributed by atoms with E-state index in [1.807, 2.05) is 0 Å². The minimum absolute atomic E-state index is 0.584. The maximum absolute atomic E-state index is 5.73. The summed E-state index contributed by atoms with van der Waals surface area (Å²) in [5.74, 6) is 2.70. The van der Waals surface area contributed by atoms with E-state index in [1.54, 1.807) is 0 Å². The minimum atomic E-state index is 0.584. The predicted molar refractivity (Wildman–Crippen MR) is 79.1 cm³/mol. The first-order valence-electron chi connectivity index (χ1n) is 7.43. The zero-order chi connectivity index (χ0) is 13.4. The van der Waals surface area contributed by atoms with Crippen molar-refractivity contribution < 1.29 is 0 Å². The summed E-state index contributed by atoms with van der Waals surface area (Å²) in [6.07, 6.45) is 3.88. The van der Waals surface area contributed by atoms with Gasteiger partial charge in [0, 0.05) is 19.0 Å². The molecule has 19 heavy (non-hydrogen) atoms. The molecule has 3 heteroatoms. The maximum atomic E-state index is 5.73. The molecule has 1 aromatic carbocycles. The van der Waals surface area contributed by atoms with E-state index in [2.05, 4.69) is 36.6 Å². The van der Waals surface area contributed by atoms with Gasteiger partial charge in [0.15, 0.2) is 0 Å². The number of nitrogens with two attached hydrogens (primary N) is 1. The SMILES string of the molecule is CCCn1c(C(C)C2CC2)nc2cc(CN)ccc21. The maximum Gasteiger partial charge on any atom is 0.112 e. The number of fused-ring (bicyclic) bond motifs is 1. The molecule has 1 heterocycles. The van der Waals surface area contributed by atoms with Crippen LogP contribution in [0.3, 0.4) is 0 Å². The molecule has 1 fully saturated rings. The second kappa shape index (κ2) is 4.97. The number of aryl methyl sites for hydroxylation is 1. The second-order valence-corrected chi connectivity index (χ2v) is 5.77. The number of rotatable bonds is 5. The van der Waals surface area contributed by atoms with Gasteiger partial charge in [0.05, 0.1) is 11.0 Å². The average molecular weight is 257 g/mol. The van der Waals surface area contributed by atoms with Crippen LogP contribution in [0.15, 0.2) is 18.2 Å². The van der Waals surface area contributed by atoms with E-state index in [1.165, 1.54) is 29.7 Å². The van der Waals surface area contributed by atoms with Gasteiger partial charge in [-0.3, -0.25) is 0 Å². The highest BCUT2D eigenvalue weighted by atomic mass is 15.1. The first-order chi connectivity index (χ1) is 9.24. The third kappa shape index (κ3) is 2.27. The Morgan fingerprint density at radius 3 is 2.84 bits per heavy atom. The lowest BCUT2D eigenvalue weighted by molar-refractivity contribution is 0.561. The average Bonchev–Trinajstić information content (AvgIpc) is 3.21. The Morgan fingerprint density at radius 2 is 2.21 bits per heavy atom. The number of nitrogens with zero attached hydrogens (tertiary/aromatic N) is 2. The lowest BCUT2D eigenvalue weighted by Crippen LogP contribution is -2.08. The Bertz CT molecular complexity index is 581. The van der Waals surface area contributed by atoms with Crippen molar-refractivity contribution in [3.63, 3.8) is 0 Å². The molecule has 2 aromatic rings. The zero-order valence-electron chi connectivity index (χ0n) is 11.9. The van der Waals surface area contributed by atoms with Crippen LogP contribution in [-0.4, -0.2) is 9.55 Å². The van der Waals surface area contributed by atoms with Crippen LogP contribution in [0, 0.1) is 5.92 Å². The van der Waals surface area contributed by atoms with Crippen LogP contribution in [0.25, 0.3) is 11.0 Å². The summed E-state index contributed by atoms with van der Waals surface area (Å²) < 4.78 is 2.42. The van der Waals surface area contributed by atoms with Crippen LogP contribution in [-0.2, 0) is 13.1 Å². The Balaban J connectivity index is 2.10. The molecular weight excluding hydrogens is 234 g/mol. The van der Waals surface area contributed by atoms with Crippen LogP contribution >= 0.6 is 0 Å². The highest BCUT2D eigenvalue weighted by Crippen LogP contribution is 2.42. The molecule has 0 saturated heterocycles. The summed E-state index contributed by atoms with van der Waals surface area (Å²) in [7, 11) is 0. The highest BCUT2D eigenvalue weighted by Gasteiger charge is 2.32. The van der Waals surface area contributed by atoms with E-state index in [4.69, 9.17) is 10.7 Å². The molecule has 0 spiro atoms. The van der Waals surface area contributed by atoms with Crippen molar-refractivity contribution in [1.82, 2.24) is 9.55 Å². The summed E-state index contributed by atoms with van der Waals surface area (Å²) >= 11 is 0. The van der Waals surface area contributed by atoms with Gasteiger partial charge in [-0.25, -0.2) is 4.98 Å². The standard InChI is InChI=1S/C16H23N3/c1-3-8-19-15-7-4-12(10-17)9-14(15)18-16(19)11(2)13-5-6-13/h4,7,9,11,13H,3,5-6,8,10,17H2,1-2H3. The summed E-state index contributed by atoms with van der Waals surface area (Å²) in [4.78, 5) is 4.91. The van der Waals surface area contributed by atoms with Gasteiger partial charge in [0.25, 0.3) is 0 Å². The molecule has 1 saturated carbocycles. The van der Waals surface area contributed by atoms with Crippen molar-refractivity contribution in [2.75, 3.05) is 0 Å². The molecule has 1 atom stereocenters. The monoisotopic (exact) mass is 257 g/mol. The van der Waals surface area contributed by atoms with Crippen molar-refractivity contribution in [2.45, 2.75) is 52.1 Å². The third-order valence-corrected chi connectivity index (χ3v) is 4.26. The predicted octanol–water partition coefficient (Wildman–Crippen LogP) is 3.42. The van der Waals surface area contributed by atoms with E-state index in [-0.39, 0.29) is 0 Å². The molecule has 1 aliphatic rings. The molecule has 1 unspecified atom stereocenters. The van der Waals surface area contributed by atoms with Gasteiger partial charge in [0.1, 0.15) is 5.82 Å². The minimum Gasteiger partial charge on any atom is -0.328 e. The van der Waals surface area contributed by atoms with Gasteiger partial charge < -0.3 is 10.3 Å². The molecule has 3 nitrogen and oxygen atoms in total. The smallest absolute Gasteiger partial charge is 0.112 e. The number of aromatic nitrogens is 2. The van der Waals surface area contributed by atoms with Gasteiger partial charge >= 0.3 is 0 Å². The van der Waals surface area contributed by atoms with Gasteiger partial charge in [-0.2, -0.15) is 0 Å². The van der Waals surface area contributed by atoms with Gasteiger partial charge in [-0.1, -0.05) is 19.9 Å². The molecule has 0 bridgehead atoms. The molecule has 1 aromatic heterocycles. The first kappa shape index (κ1) is 12.7. The summed E-state index contributed by atoms with van der Waals surface area (Å²) in [5, 5.41) is 0. The topological polar surface area (TPSA) is 43.8 Å². The number of hydrogen-bond donors (Lipinski definition) is 1. The second-order valence-electron chi connectivity index (χ2n) is 5.77.